The fraction of sp³-hybridized carbons (Fsp3) is 0.375. The molecule has 9 nitrogen and oxygen atoms in total. The molecule has 3 N–H and O–H groups in total. The first-order valence-electron chi connectivity index (χ1n) is 11.7. The number of aliphatic hydroxyl groups is 1. The molecular weight excluding hydrogens is 665 g/mol. The Hall–Kier alpha value is -3.12. The average Bonchev–Trinajstić information content (AvgIpc) is 2.84. The lowest BCUT2D eigenvalue weighted by atomic mass is 10.0. The third kappa shape index (κ3) is 8.20. The molecule has 1 aliphatic heterocycles. The van der Waals surface area contributed by atoms with Crippen molar-refractivity contribution >= 4 is 51.7 Å². The highest BCUT2D eigenvalue weighted by Crippen LogP contribution is 2.30. The van der Waals surface area contributed by atoms with Gasteiger partial charge < -0.3 is 25.4 Å². The largest absolute Gasteiger partial charge is 0.490 e. The van der Waals surface area contributed by atoms with Crippen molar-refractivity contribution in [3.05, 3.63) is 56.9 Å². The van der Waals surface area contributed by atoms with E-state index >= 15 is 0 Å². The maximum absolute atomic E-state index is 14.6. The molecule has 2 aromatic carbocycles. The van der Waals surface area contributed by atoms with Crippen LogP contribution >= 0.6 is 22.6 Å². The van der Waals surface area contributed by atoms with E-state index in [1.807, 2.05) is 22.6 Å². The third-order valence-electron chi connectivity index (χ3n) is 5.71. The first-order valence-corrected chi connectivity index (χ1v) is 12.7. The normalized spacial score (nSPS) is 13.7. The lowest BCUT2D eigenvalue weighted by molar-refractivity contribution is -0.200. The van der Waals surface area contributed by atoms with Crippen LogP contribution in [0.5, 0.6) is 0 Å². The fourth-order valence-electron chi connectivity index (χ4n) is 3.72. The zero-order valence-electron chi connectivity index (χ0n) is 20.5. The highest BCUT2D eigenvalue weighted by molar-refractivity contribution is 14.1. The van der Waals surface area contributed by atoms with Gasteiger partial charge in [-0.2, -0.15) is 13.2 Å². The van der Waals surface area contributed by atoms with Gasteiger partial charge in [0.15, 0.2) is 11.6 Å². The zero-order chi connectivity index (χ0) is 29.6. The lowest BCUT2D eigenvalue weighted by Gasteiger charge is -2.40. The van der Waals surface area contributed by atoms with Gasteiger partial charge >= 0.3 is 12.1 Å². The minimum absolute atomic E-state index is 0.00407. The topological polar surface area (TPSA) is 111 Å². The molecule has 2 amide bonds. The standard InChI is InChI=1S/C24H23F6IN4O5/c25-16-3-2-15(21(20(16)27)33-18-4-1-13(31)9-17(18)26)22(38)35-10-14(11-35)32-19(37)12-34(5-7-36)6-8-40-23(39)24(28,29)30/h1-4,9,14,33,36H,5-8,10-12H2,(H,32,37). The number of alkyl halides is 3. The van der Waals surface area contributed by atoms with E-state index in [9.17, 15) is 40.7 Å². The predicted molar refractivity (Wildman–Crippen MR) is 137 cm³/mol. The fourth-order valence-corrected chi connectivity index (χ4v) is 4.17. The summed E-state index contributed by atoms with van der Waals surface area (Å²) < 4.78 is 84.2. The van der Waals surface area contributed by atoms with E-state index in [-0.39, 0.29) is 44.0 Å². The molecule has 0 spiro atoms. The first-order chi connectivity index (χ1) is 18.8. The minimum atomic E-state index is -5.15. The number of anilines is 2. The highest BCUT2D eigenvalue weighted by Gasteiger charge is 2.41. The zero-order valence-corrected chi connectivity index (χ0v) is 22.7. The molecule has 1 heterocycles. The van der Waals surface area contributed by atoms with Gasteiger partial charge in [0.1, 0.15) is 12.4 Å². The van der Waals surface area contributed by atoms with Crippen molar-refractivity contribution in [1.82, 2.24) is 15.1 Å². The number of likely N-dealkylation sites (tertiary alicyclic amines) is 1. The Morgan fingerprint density at radius 1 is 1.07 bits per heavy atom. The summed E-state index contributed by atoms with van der Waals surface area (Å²) in [6, 6.07) is 5.30. The summed E-state index contributed by atoms with van der Waals surface area (Å²) in [5.74, 6) is -7.01. The lowest BCUT2D eigenvalue weighted by Crippen LogP contribution is -2.62. The summed E-state index contributed by atoms with van der Waals surface area (Å²) in [6.07, 6.45) is -5.15. The number of rotatable bonds is 11. The summed E-state index contributed by atoms with van der Waals surface area (Å²) in [6.45, 7) is -1.74. The number of hydrogen-bond acceptors (Lipinski definition) is 7. The Balaban J connectivity index is 1.56. The van der Waals surface area contributed by atoms with Crippen LogP contribution in [0.3, 0.4) is 0 Å². The molecule has 218 valence electrons. The van der Waals surface area contributed by atoms with Crippen LogP contribution in [-0.4, -0.2) is 90.8 Å². The molecular formula is C24H23F6IN4O5. The summed E-state index contributed by atoms with van der Waals surface area (Å²) in [5, 5.41) is 14.2. The molecule has 0 aromatic heterocycles. The second-order valence-electron chi connectivity index (χ2n) is 8.64. The van der Waals surface area contributed by atoms with Crippen molar-refractivity contribution in [3.63, 3.8) is 0 Å². The van der Waals surface area contributed by atoms with Gasteiger partial charge in [-0.1, -0.05) is 0 Å². The molecule has 2 aromatic rings. The summed E-state index contributed by atoms with van der Waals surface area (Å²) in [4.78, 5) is 38.7. The molecule has 0 atom stereocenters. The van der Waals surface area contributed by atoms with Crippen molar-refractivity contribution in [2.45, 2.75) is 12.2 Å². The van der Waals surface area contributed by atoms with Crippen LogP contribution in [-0.2, 0) is 14.3 Å². The molecule has 0 bridgehead atoms. The number of esters is 1. The molecule has 1 aliphatic rings. The van der Waals surface area contributed by atoms with E-state index in [0.29, 0.717) is 3.57 Å². The van der Waals surface area contributed by atoms with Crippen molar-refractivity contribution in [2.24, 2.45) is 0 Å². The van der Waals surface area contributed by atoms with Crippen molar-refractivity contribution in [2.75, 3.05) is 51.3 Å². The van der Waals surface area contributed by atoms with Crippen molar-refractivity contribution in [1.29, 1.82) is 0 Å². The van der Waals surface area contributed by atoms with E-state index in [0.717, 1.165) is 12.1 Å². The molecule has 40 heavy (non-hydrogen) atoms. The van der Waals surface area contributed by atoms with Crippen LogP contribution in [0.25, 0.3) is 0 Å². The molecule has 16 heteroatoms. The molecule has 0 saturated carbocycles. The number of aliphatic hydroxyl groups excluding tert-OH is 1. The Morgan fingerprint density at radius 3 is 2.40 bits per heavy atom. The first kappa shape index (κ1) is 31.4. The van der Waals surface area contributed by atoms with Gasteiger partial charge in [-0.15, -0.1) is 0 Å². The SMILES string of the molecule is O=C(CN(CCO)CCOC(=O)C(F)(F)F)NC1CN(C(=O)c2ccc(F)c(F)c2Nc2ccc(I)cc2F)C1. The van der Waals surface area contributed by atoms with Crippen LogP contribution in [0.15, 0.2) is 30.3 Å². The molecule has 1 fully saturated rings. The van der Waals surface area contributed by atoms with E-state index in [1.165, 1.54) is 28.0 Å². The molecule has 3 rings (SSSR count). The van der Waals surface area contributed by atoms with Gasteiger partial charge in [0.25, 0.3) is 5.91 Å². The summed E-state index contributed by atoms with van der Waals surface area (Å²) in [5.41, 5.74) is -0.985. The minimum Gasteiger partial charge on any atom is -0.458 e. The van der Waals surface area contributed by atoms with Crippen LogP contribution in [0.1, 0.15) is 10.4 Å². The molecule has 0 unspecified atom stereocenters. The number of halogens is 7. The quantitative estimate of drug-likeness (QED) is 0.189. The number of hydrogen-bond donors (Lipinski definition) is 3. The summed E-state index contributed by atoms with van der Waals surface area (Å²) in [7, 11) is 0. The number of amides is 2. The summed E-state index contributed by atoms with van der Waals surface area (Å²) >= 11 is 1.87. The highest BCUT2D eigenvalue weighted by atomic mass is 127. The second-order valence-corrected chi connectivity index (χ2v) is 9.89. The van der Waals surface area contributed by atoms with Gasteiger partial charge in [-0.3, -0.25) is 14.5 Å². The Bertz CT molecular complexity index is 1260. The van der Waals surface area contributed by atoms with Gasteiger partial charge in [0.2, 0.25) is 5.91 Å². The average molecular weight is 688 g/mol. The van der Waals surface area contributed by atoms with Gasteiger partial charge in [0.05, 0.1) is 36.1 Å². The Kier molecular flexibility index (Phi) is 10.6. The number of nitrogens with one attached hydrogen (secondary N) is 2. The van der Waals surface area contributed by atoms with Crippen molar-refractivity contribution in [3.8, 4) is 0 Å². The van der Waals surface area contributed by atoms with E-state index < -0.39 is 66.4 Å². The van der Waals surface area contributed by atoms with E-state index in [1.54, 1.807) is 0 Å². The van der Waals surface area contributed by atoms with Gasteiger partial charge in [-0.05, 0) is 52.9 Å². The number of ether oxygens (including phenoxy) is 1. The second kappa shape index (κ2) is 13.5. The monoisotopic (exact) mass is 688 g/mol. The number of carbonyl (C=O) groups is 3. The van der Waals surface area contributed by atoms with Crippen LogP contribution < -0.4 is 10.6 Å². The van der Waals surface area contributed by atoms with E-state index in [2.05, 4.69) is 15.4 Å². The smallest absolute Gasteiger partial charge is 0.458 e. The van der Waals surface area contributed by atoms with Crippen LogP contribution in [0.2, 0.25) is 0 Å². The molecule has 0 aliphatic carbocycles. The number of benzene rings is 2. The molecule has 0 radical (unpaired) electrons. The third-order valence-corrected chi connectivity index (χ3v) is 6.38. The maximum Gasteiger partial charge on any atom is 0.490 e. The van der Waals surface area contributed by atoms with E-state index in [4.69, 9.17) is 5.11 Å². The maximum atomic E-state index is 14.6. The Morgan fingerprint density at radius 2 is 1.77 bits per heavy atom. The van der Waals surface area contributed by atoms with Gasteiger partial charge in [-0.25, -0.2) is 18.0 Å². The number of carbonyl (C=O) groups excluding carboxylic acids is 3. The predicted octanol–water partition coefficient (Wildman–Crippen LogP) is 2.79. The van der Waals surface area contributed by atoms with Crippen LogP contribution in [0.4, 0.5) is 37.7 Å². The van der Waals surface area contributed by atoms with Crippen LogP contribution in [0, 0.1) is 21.0 Å². The molecule has 1 saturated heterocycles. The number of nitrogens with zero attached hydrogens (tertiary/aromatic N) is 2. The van der Waals surface area contributed by atoms with Crippen molar-refractivity contribution < 1.29 is 50.6 Å². The van der Waals surface area contributed by atoms with Gasteiger partial charge in [0, 0.05) is 29.7 Å². The Labute approximate surface area is 237 Å².